The van der Waals surface area contributed by atoms with Gasteiger partial charge in [-0.1, -0.05) is 6.07 Å². The van der Waals surface area contributed by atoms with Gasteiger partial charge in [0.15, 0.2) is 0 Å². The van der Waals surface area contributed by atoms with Crippen LogP contribution in [-0.4, -0.2) is 28.0 Å². The molecule has 3 aromatic rings. The maximum atomic E-state index is 12.0. The molecule has 0 saturated heterocycles. The number of esters is 1. The van der Waals surface area contributed by atoms with Crippen molar-refractivity contribution < 1.29 is 9.53 Å². The van der Waals surface area contributed by atoms with E-state index in [9.17, 15) is 4.79 Å². The summed E-state index contributed by atoms with van der Waals surface area (Å²) in [6, 6.07) is 5.77. The number of pyridine rings is 1. The van der Waals surface area contributed by atoms with Crippen molar-refractivity contribution in [1.82, 2.24) is 15.0 Å². The Bertz CT molecular complexity index is 892. The van der Waals surface area contributed by atoms with Crippen molar-refractivity contribution >= 4 is 33.3 Å². The highest BCUT2D eigenvalue weighted by Crippen LogP contribution is 2.35. The Morgan fingerprint density at radius 2 is 2.08 bits per heavy atom. The monoisotopic (exact) mass is 342 g/mol. The number of nitrogens with one attached hydrogen (secondary N) is 1. The lowest BCUT2D eigenvalue weighted by Crippen LogP contribution is -2.10. The molecule has 1 N–H and O–H groups in total. The smallest absolute Gasteiger partial charge is 0.348 e. The Kier molecular flexibility index (Phi) is 4.44. The SMILES string of the molecule is COC(=O)c1sc2nc(C)nc(N[C@H](C)c3ccccn3)c2c1C. The van der Waals surface area contributed by atoms with Crippen molar-refractivity contribution in [2.75, 3.05) is 12.4 Å². The molecule has 0 amide bonds. The fourth-order valence-electron chi connectivity index (χ4n) is 2.55. The normalized spacial score (nSPS) is 12.2. The number of methoxy groups -OCH3 is 1. The number of anilines is 1. The molecule has 124 valence electrons. The number of rotatable bonds is 4. The van der Waals surface area contributed by atoms with Crippen LogP contribution >= 0.6 is 11.3 Å². The van der Waals surface area contributed by atoms with Crippen LogP contribution < -0.4 is 5.32 Å². The van der Waals surface area contributed by atoms with Crippen molar-refractivity contribution in [3.05, 3.63) is 46.4 Å². The Balaban J connectivity index is 2.07. The van der Waals surface area contributed by atoms with Gasteiger partial charge in [-0.3, -0.25) is 4.98 Å². The van der Waals surface area contributed by atoms with E-state index in [4.69, 9.17) is 4.74 Å². The molecule has 0 bridgehead atoms. The van der Waals surface area contributed by atoms with Gasteiger partial charge in [-0.05, 0) is 38.5 Å². The highest BCUT2D eigenvalue weighted by molar-refractivity contribution is 7.20. The minimum absolute atomic E-state index is 0.0235. The predicted molar refractivity (Wildman–Crippen MR) is 94.5 cm³/mol. The third kappa shape index (κ3) is 2.94. The number of carbonyl (C=O) groups excluding carboxylic acids is 1. The first-order chi connectivity index (χ1) is 11.5. The average molecular weight is 342 g/mol. The van der Waals surface area contributed by atoms with Gasteiger partial charge in [0.05, 0.1) is 24.2 Å². The molecule has 7 heteroatoms. The molecule has 3 aromatic heterocycles. The van der Waals surface area contributed by atoms with E-state index in [1.54, 1.807) is 6.20 Å². The maximum Gasteiger partial charge on any atom is 0.348 e. The third-order valence-corrected chi connectivity index (χ3v) is 4.92. The molecule has 0 aromatic carbocycles. The number of nitrogens with zero attached hydrogens (tertiary/aromatic N) is 3. The lowest BCUT2D eigenvalue weighted by molar-refractivity contribution is 0.0605. The summed E-state index contributed by atoms with van der Waals surface area (Å²) in [5.41, 5.74) is 1.75. The zero-order chi connectivity index (χ0) is 17.3. The maximum absolute atomic E-state index is 12.0. The van der Waals surface area contributed by atoms with Crippen molar-refractivity contribution in [1.29, 1.82) is 0 Å². The minimum atomic E-state index is -0.350. The van der Waals surface area contributed by atoms with Crippen LogP contribution in [0.1, 0.15) is 39.7 Å². The number of hydrogen-bond donors (Lipinski definition) is 1. The van der Waals surface area contributed by atoms with Gasteiger partial charge in [0, 0.05) is 6.20 Å². The van der Waals surface area contributed by atoms with Crippen LogP contribution in [0.15, 0.2) is 24.4 Å². The molecule has 3 rings (SSSR count). The lowest BCUT2D eigenvalue weighted by atomic mass is 10.1. The van der Waals surface area contributed by atoms with E-state index in [1.165, 1.54) is 18.4 Å². The topological polar surface area (TPSA) is 77.0 Å². The molecule has 0 aliphatic heterocycles. The first-order valence-electron chi connectivity index (χ1n) is 7.54. The number of ether oxygens (including phenoxy) is 1. The lowest BCUT2D eigenvalue weighted by Gasteiger charge is -2.15. The number of aryl methyl sites for hydroxylation is 2. The Labute approximate surface area is 143 Å². The Morgan fingerprint density at radius 3 is 2.75 bits per heavy atom. The molecule has 6 nitrogen and oxygen atoms in total. The fraction of sp³-hybridized carbons (Fsp3) is 0.294. The molecule has 0 fully saturated rings. The number of thiophene rings is 1. The van der Waals surface area contributed by atoms with E-state index in [1.807, 2.05) is 39.0 Å². The Hall–Kier alpha value is -2.54. The van der Waals surface area contributed by atoms with E-state index in [0.717, 1.165) is 21.5 Å². The minimum Gasteiger partial charge on any atom is -0.465 e. The summed E-state index contributed by atoms with van der Waals surface area (Å²) >= 11 is 1.33. The fourth-order valence-corrected chi connectivity index (χ4v) is 3.69. The van der Waals surface area contributed by atoms with Crippen LogP contribution in [0.4, 0.5) is 5.82 Å². The van der Waals surface area contributed by atoms with Gasteiger partial charge >= 0.3 is 5.97 Å². The van der Waals surface area contributed by atoms with Crippen molar-refractivity contribution in [3.8, 4) is 0 Å². The second kappa shape index (κ2) is 6.52. The molecule has 0 radical (unpaired) electrons. The van der Waals surface area contributed by atoms with Gasteiger partial charge in [0.2, 0.25) is 0 Å². The predicted octanol–water partition coefficient (Wildman–Crippen LogP) is 3.66. The van der Waals surface area contributed by atoms with E-state index >= 15 is 0 Å². The second-order valence-corrected chi connectivity index (χ2v) is 6.47. The molecular formula is C17H18N4O2S. The number of fused-ring (bicyclic) bond motifs is 1. The largest absolute Gasteiger partial charge is 0.465 e. The van der Waals surface area contributed by atoms with Gasteiger partial charge in [0.25, 0.3) is 0 Å². The van der Waals surface area contributed by atoms with Gasteiger partial charge in [-0.25, -0.2) is 14.8 Å². The highest BCUT2D eigenvalue weighted by atomic mass is 32.1. The summed E-state index contributed by atoms with van der Waals surface area (Å²) in [4.78, 5) is 26.6. The molecule has 0 aliphatic rings. The average Bonchev–Trinajstić information content (AvgIpc) is 2.91. The van der Waals surface area contributed by atoms with Crippen LogP contribution in [0.2, 0.25) is 0 Å². The number of hydrogen-bond acceptors (Lipinski definition) is 7. The van der Waals surface area contributed by atoms with Crippen LogP contribution in [0.3, 0.4) is 0 Å². The van der Waals surface area contributed by atoms with E-state index in [-0.39, 0.29) is 12.0 Å². The summed E-state index contributed by atoms with van der Waals surface area (Å²) < 4.78 is 4.86. The van der Waals surface area contributed by atoms with Crippen LogP contribution in [0, 0.1) is 13.8 Å². The molecule has 0 spiro atoms. The molecule has 3 heterocycles. The molecular weight excluding hydrogens is 324 g/mol. The summed E-state index contributed by atoms with van der Waals surface area (Å²) in [5.74, 6) is 1.01. The van der Waals surface area contributed by atoms with Crippen LogP contribution in [0.5, 0.6) is 0 Å². The molecule has 0 aliphatic carbocycles. The molecule has 24 heavy (non-hydrogen) atoms. The molecule has 0 saturated carbocycles. The summed E-state index contributed by atoms with van der Waals surface area (Å²) in [6.45, 7) is 5.75. The zero-order valence-electron chi connectivity index (χ0n) is 14.0. The van der Waals surface area contributed by atoms with Crippen molar-refractivity contribution in [2.24, 2.45) is 0 Å². The van der Waals surface area contributed by atoms with Crippen molar-refractivity contribution in [2.45, 2.75) is 26.8 Å². The first kappa shape index (κ1) is 16.3. The second-order valence-electron chi connectivity index (χ2n) is 5.47. The number of carbonyl (C=O) groups is 1. The summed E-state index contributed by atoms with van der Waals surface area (Å²) in [5, 5.41) is 4.25. The third-order valence-electron chi connectivity index (χ3n) is 3.76. The first-order valence-corrected chi connectivity index (χ1v) is 8.36. The number of aromatic nitrogens is 3. The summed E-state index contributed by atoms with van der Waals surface area (Å²) in [6.07, 6.45) is 1.76. The van der Waals surface area contributed by atoms with Crippen molar-refractivity contribution in [3.63, 3.8) is 0 Å². The van der Waals surface area contributed by atoms with E-state index in [0.29, 0.717) is 16.5 Å². The van der Waals surface area contributed by atoms with Gasteiger partial charge in [-0.2, -0.15) is 0 Å². The Morgan fingerprint density at radius 1 is 1.29 bits per heavy atom. The van der Waals surface area contributed by atoms with Gasteiger partial charge in [0.1, 0.15) is 21.3 Å². The van der Waals surface area contributed by atoms with Crippen LogP contribution in [-0.2, 0) is 4.74 Å². The highest BCUT2D eigenvalue weighted by Gasteiger charge is 2.21. The molecule has 0 unspecified atom stereocenters. The van der Waals surface area contributed by atoms with E-state index < -0.39 is 0 Å². The quantitative estimate of drug-likeness (QED) is 0.729. The summed E-state index contributed by atoms with van der Waals surface area (Å²) in [7, 11) is 1.38. The van der Waals surface area contributed by atoms with Gasteiger partial charge < -0.3 is 10.1 Å². The zero-order valence-corrected chi connectivity index (χ0v) is 14.8. The van der Waals surface area contributed by atoms with Gasteiger partial charge in [-0.15, -0.1) is 11.3 Å². The van der Waals surface area contributed by atoms with E-state index in [2.05, 4.69) is 20.3 Å². The standard InChI is InChI=1S/C17H18N4O2S/c1-9-13-15(19-10(2)12-7-5-6-8-18-12)20-11(3)21-16(13)24-14(9)17(22)23-4/h5-8,10H,1-4H3,(H,19,20,21)/t10-/m1/s1. The van der Waals surface area contributed by atoms with Crippen LogP contribution in [0.25, 0.3) is 10.2 Å². The molecule has 1 atom stereocenters.